The molecule has 3 N–H and O–H groups in total. The maximum absolute atomic E-state index is 12.1. The summed E-state index contributed by atoms with van der Waals surface area (Å²) >= 11 is 1.58. The van der Waals surface area contributed by atoms with Gasteiger partial charge in [-0.15, -0.1) is 24.2 Å². The number of fused-ring (bicyclic) bond motifs is 3. The molecule has 0 unspecified atom stereocenters. The van der Waals surface area contributed by atoms with Gasteiger partial charge in [-0.1, -0.05) is 12.1 Å². The van der Waals surface area contributed by atoms with Gasteiger partial charge in [-0.05, 0) is 37.3 Å². The highest BCUT2D eigenvalue weighted by Crippen LogP contribution is 2.37. The van der Waals surface area contributed by atoms with E-state index >= 15 is 0 Å². The number of halogens is 1. The van der Waals surface area contributed by atoms with Crippen molar-refractivity contribution in [1.29, 1.82) is 0 Å². The van der Waals surface area contributed by atoms with E-state index in [0.29, 0.717) is 11.2 Å². The highest BCUT2D eigenvalue weighted by atomic mass is 35.5. The molecule has 1 aliphatic rings. The lowest BCUT2D eigenvalue weighted by atomic mass is 9.92. The maximum Gasteiger partial charge on any atom is 0.252 e. The Balaban J connectivity index is 0.00000240. The molecule has 1 amide bonds. The molecule has 1 fully saturated rings. The van der Waals surface area contributed by atoms with Crippen LogP contribution in [0.4, 0.5) is 5.82 Å². The lowest BCUT2D eigenvalue weighted by molar-refractivity contribution is -0.0674. The molecule has 0 aliphatic carbocycles. The van der Waals surface area contributed by atoms with Gasteiger partial charge in [-0.3, -0.25) is 9.20 Å². The number of hydrogen-bond donors (Lipinski definition) is 2. The van der Waals surface area contributed by atoms with Crippen molar-refractivity contribution in [3.05, 3.63) is 35.9 Å². The van der Waals surface area contributed by atoms with Gasteiger partial charge in [-0.2, -0.15) is 0 Å². The summed E-state index contributed by atoms with van der Waals surface area (Å²) in [6.07, 6.45) is 3.44. The molecule has 1 aromatic carbocycles. The molecule has 0 atom stereocenters. The number of anilines is 1. The number of carbonyl (C=O) groups excluding carboxylic acids is 1. The summed E-state index contributed by atoms with van der Waals surface area (Å²) in [6.45, 7) is 1.48. The standard InChI is InChI=1S/C20H24N4O3S.ClH/c1-27-20(12-25)7-9-23(10-8-20)19-16(28-2)11-13(17(21)26)18-22-14-5-3-4-6-15(14)24(18)19;/h3-6,11,25H,7-10,12H2,1-2H3,(H2,21,26);1H. The Kier molecular flexibility index (Phi) is 6.28. The van der Waals surface area contributed by atoms with Crippen LogP contribution >= 0.6 is 24.2 Å². The molecule has 0 radical (unpaired) electrons. The number of aliphatic hydroxyl groups excluding tert-OH is 1. The molecule has 1 saturated heterocycles. The van der Waals surface area contributed by atoms with Crippen molar-refractivity contribution in [2.75, 3.05) is 38.0 Å². The number of hydrogen-bond acceptors (Lipinski definition) is 6. The van der Waals surface area contributed by atoms with Gasteiger partial charge in [0.2, 0.25) is 0 Å². The average molecular weight is 437 g/mol. The molecule has 0 spiro atoms. The van der Waals surface area contributed by atoms with E-state index in [9.17, 15) is 9.90 Å². The second-order valence-corrected chi connectivity index (χ2v) is 7.95. The van der Waals surface area contributed by atoms with Crippen LogP contribution in [0, 0.1) is 0 Å². The number of rotatable bonds is 5. The largest absolute Gasteiger partial charge is 0.393 e. The summed E-state index contributed by atoms with van der Waals surface area (Å²) in [5.74, 6) is 0.517. The monoisotopic (exact) mass is 436 g/mol. The van der Waals surface area contributed by atoms with E-state index in [1.807, 2.05) is 41.0 Å². The number of piperidine rings is 1. The number of thioether (sulfide) groups is 1. The number of amides is 1. The fourth-order valence-electron chi connectivity index (χ4n) is 3.97. The molecule has 9 heteroatoms. The highest BCUT2D eigenvalue weighted by Gasteiger charge is 2.35. The van der Waals surface area contributed by atoms with Crippen molar-refractivity contribution in [1.82, 2.24) is 9.38 Å². The first kappa shape index (κ1) is 21.7. The summed E-state index contributed by atoms with van der Waals surface area (Å²) in [4.78, 5) is 20.1. The van der Waals surface area contributed by atoms with Crippen LogP contribution in [-0.2, 0) is 4.74 Å². The quantitative estimate of drug-likeness (QED) is 0.597. The van der Waals surface area contributed by atoms with Crippen LogP contribution in [0.15, 0.2) is 35.2 Å². The van der Waals surface area contributed by atoms with Crippen molar-refractivity contribution < 1.29 is 14.6 Å². The third-order valence-electron chi connectivity index (χ3n) is 5.69. The molecular formula is C20H25ClN4O3S. The Morgan fingerprint density at radius 3 is 2.62 bits per heavy atom. The molecule has 2 aromatic heterocycles. The molecule has 4 rings (SSSR count). The smallest absolute Gasteiger partial charge is 0.252 e. The van der Waals surface area contributed by atoms with Crippen molar-refractivity contribution in [3.63, 3.8) is 0 Å². The average Bonchev–Trinajstić information content (AvgIpc) is 3.12. The number of para-hydroxylation sites is 2. The number of methoxy groups -OCH3 is 1. The SMILES string of the molecule is COC1(CO)CCN(c2c(SC)cc(C(N)=O)c3nc4ccccc4n23)CC1.Cl. The number of aromatic nitrogens is 2. The predicted molar refractivity (Wildman–Crippen MR) is 119 cm³/mol. The van der Waals surface area contributed by atoms with Crippen LogP contribution in [0.1, 0.15) is 23.2 Å². The first-order valence-electron chi connectivity index (χ1n) is 9.22. The summed E-state index contributed by atoms with van der Waals surface area (Å²) in [6, 6.07) is 9.68. The van der Waals surface area contributed by atoms with Crippen LogP contribution in [0.25, 0.3) is 16.7 Å². The number of aliphatic hydroxyl groups is 1. The van der Waals surface area contributed by atoms with Crippen molar-refractivity contribution in [2.45, 2.75) is 23.3 Å². The molecule has 3 aromatic rings. The molecule has 1 aliphatic heterocycles. The fraction of sp³-hybridized carbons (Fsp3) is 0.400. The first-order chi connectivity index (χ1) is 13.5. The topological polar surface area (TPSA) is 93.1 Å². The number of nitrogens with zero attached hydrogens (tertiary/aromatic N) is 3. The van der Waals surface area contributed by atoms with E-state index < -0.39 is 11.5 Å². The Bertz CT molecular complexity index is 1040. The predicted octanol–water partition coefficient (Wildman–Crippen LogP) is 2.71. The normalized spacial score (nSPS) is 16.2. The third kappa shape index (κ3) is 3.54. The molecule has 3 heterocycles. The van der Waals surface area contributed by atoms with Crippen molar-refractivity contribution in [2.24, 2.45) is 5.73 Å². The third-order valence-corrected chi connectivity index (χ3v) is 6.43. The zero-order chi connectivity index (χ0) is 19.9. The summed E-state index contributed by atoms with van der Waals surface area (Å²) in [5.41, 5.74) is 7.94. The maximum atomic E-state index is 12.1. The number of ether oxygens (including phenoxy) is 1. The molecule has 156 valence electrons. The van der Waals surface area contributed by atoms with Gasteiger partial charge in [0.15, 0.2) is 5.65 Å². The zero-order valence-corrected chi connectivity index (χ0v) is 18.1. The summed E-state index contributed by atoms with van der Waals surface area (Å²) in [7, 11) is 1.66. The molecule has 7 nitrogen and oxygen atoms in total. The molecule has 0 saturated carbocycles. The minimum Gasteiger partial charge on any atom is -0.393 e. The van der Waals surface area contributed by atoms with Gasteiger partial charge in [-0.25, -0.2) is 4.98 Å². The Labute approximate surface area is 179 Å². The molecule has 29 heavy (non-hydrogen) atoms. The van der Waals surface area contributed by atoms with Crippen LogP contribution in [0.3, 0.4) is 0 Å². The van der Waals surface area contributed by atoms with E-state index in [1.54, 1.807) is 18.9 Å². The Morgan fingerprint density at radius 1 is 1.34 bits per heavy atom. The van der Waals surface area contributed by atoms with Crippen molar-refractivity contribution in [3.8, 4) is 0 Å². The second kappa shape index (κ2) is 8.39. The van der Waals surface area contributed by atoms with Crippen molar-refractivity contribution >= 4 is 52.6 Å². The van der Waals surface area contributed by atoms with E-state index in [2.05, 4.69) is 9.88 Å². The van der Waals surface area contributed by atoms with E-state index in [-0.39, 0.29) is 19.0 Å². The lowest BCUT2D eigenvalue weighted by Crippen LogP contribution is -2.48. The minimum atomic E-state index is -0.487. The minimum absolute atomic E-state index is 0. The number of benzene rings is 1. The van der Waals surface area contributed by atoms with Crippen LogP contribution in [0.2, 0.25) is 0 Å². The van der Waals surface area contributed by atoms with Gasteiger partial charge >= 0.3 is 0 Å². The molecule has 0 bridgehead atoms. The molecular weight excluding hydrogens is 412 g/mol. The van der Waals surface area contributed by atoms with E-state index in [1.165, 1.54) is 0 Å². The number of primary amides is 1. The zero-order valence-electron chi connectivity index (χ0n) is 16.4. The van der Waals surface area contributed by atoms with E-state index in [4.69, 9.17) is 10.5 Å². The first-order valence-corrected chi connectivity index (χ1v) is 10.4. The van der Waals surface area contributed by atoms with Crippen LogP contribution in [-0.4, -0.2) is 59.1 Å². The summed E-state index contributed by atoms with van der Waals surface area (Å²) in [5, 5.41) is 9.76. The van der Waals surface area contributed by atoms with Gasteiger partial charge in [0.05, 0.1) is 28.8 Å². The number of pyridine rings is 1. The lowest BCUT2D eigenvalue weighted by Gasteiger charge is -2.41. The van der Waals surface area contributed by atoms with Gasteiger partial charge < -0.3 is 20.5 Å². The summed E-state index contributed by atoms with van der Waals surface area (Å²) < 4.78 is 7.64. The Hall–Kier alpha value is -2.00. The van der Waals surface area contributed by atoms with Gasteiger partial charge in [0.25, 0.3) is 5.91 Å². The fourth-order valence-corrected chi connectivity index (χ4v) is 4.61. The second-order valence-electron chi connectivity index (χ2n) is 7.11. The Morgan fingerprint density at radius 2 is 2.03 bits per heavy atom. The highest BCUT2D eigenvalue weighted by molar-refractivity contribution is 7.98. The van der Waals surface area contributed by atoms with E-state index in [0.717, 1.165) is 47.7 Å². The van der Waals surface area contributed by atoms with Crippen LogP contribution in [0.5, 0.6) is 0 Å². The van der Waals surface area contributed by atoms with Gasteiger partial charge in [0.1, 0.15) is 5.82 Å². The number of imidazole rings is 1. The number of nitrogens with two attached hydrogens (primary N) is 1. The van der Waals surface area contributed by atoms with Crippen LogP contribution < -0.4 is 10.6 Å². The number of carbonyl (C=O) groups is 1. The van der Waals surface area contributed by atoms with Gasteiger partial charge in [0, 0.05) is 25.1 Å².